The standard InChI is InChI=1S/C13H16N2O3/c1-8-4-11(16)12(14-5-8)13(17)15(9-2-3-9)10-6-18-7-10/h4-5,9-10,16H,2-3,6-7H2,1H3. The Bertz CT molecular complexity index is 481. The van der Waals surface area contributed by atoms with Crippen LogP contribution in [0.2, 0.25) is 0 Å². The SMILES string of the molecule is Cc1cnc(C(=O)N(C2CC2)C2COC2)c(O)c1. The van der Waals surface area contributed by atoms with Gasteiger partial charge in [0.25, 0.3) is 5.91 Å². The van der Waals surface area contributed by atoms with Crippen LogP contribution in [-0.2, 0) is 4.74 Å². The lowest BCUT2D eigenvalue weighted by molar-refractivity contribution is -0.0568. The van der Waals surface area contributed by atoms with Crippen LogP contribution < -0.4 is 0 Å². The van der Waals surface area contributed by atoms with Gasteiger partial charge >= 0.3 is 0 Å². The van der Waals surface area contributed by atoms with Crippen molar-refractivity contribution in [3.05, 3.63) is 23.5 Å². The fourth-order valence-electron chi connectivity index (χ4n) is 2.21. The van der Waals surface area contributed by atoms with Gasteiger partial charge in [0.2, 0.25) is 0 Å². The Morgan fingerprint density at radius 1 is 1.44 bits per heavy atom. The number of nitrogens with zero attached hydrogens (tertiary/aromatic N) is 2. The number of hydrogen-bond acceptors (Lipinski definition) is 4. The Hall–Kier alpha value is -1.62. The monoisotopic (exact) mass is 248 g/mol. The van der Waals surface area contributed by atoms with E-state index in [0.29, 0.717) is 19.3 Å². The van der Waals surface area contributed by atoms with E-state index in [-0.39, 0.29) is 23.4 Å². The summed E-state index contributed by atoms with van der Waals surface area (Å²) in [7, 11) is 0. The molecule has 1 saturated carbocycles. The molecule has 1 aromatic rings. The van der Waals surface area contributed by atoms with Crippen LogP contribution in [0.25, 0.3) is 0 Å². The van der Waals surface area contributed by atoms with Crippen molar-refractivity contribution in [2.75, 3.05) is 13.2 Å². The van der Waals surface area contributed by atoms with Gasteiger partial charge in [0.05, 0.1) is 19.3 Å². The zero-order valence-corrected chi connectivity index (χ0v) is 10.3. The number of carbonyl (C=O) groups excluding carboxylic acids is 1. The van der Waals surface area contributed by atoms with E-state index in [1.54, 1.807) is 12.3 Å². The molecule has 0 atom stereocenters. The fourth-order valence-corrected chi connectivity index (χ4v) is 2.21. The molecular formula is C13H16N2O3. The molecule has 18 heavy (non-hydrogen) atoms. The normalized spacial score (nSPS) is 19.4. The third-order valence-electron chi connectivity index (χ3n) is 3.40. The Balaban J connectivity index is 1.86. The molecule has 0 radical (unpaired) electrons. The number of hydrogen-bond donors (Lipinski definition) is 1. The first-order valence-corrected chi connectivity index (χ1v) is 6.23. The van der Waals surface area contributed by atoms with E-state index in [2.05, 4.69) is 4.98 Å². The van der Waals surface area contributed by atoms with Gasteiger partial charge in [-0.2, -0.15) is 0 Å². The zero-order chi connectivity index (χ0) is 12.7. The molecule has 0 aromatic carbocycles. The summed E-state index contributed by atoms with van der Waals surface area (Å²) in [6.45, 7) is 3.02. The van der Waals surface area contributed by atoms with Gasteiger partial charge in [0.1, 0.15) is 5.75 Å². The summed E-state index contributed by atoms with van der Waals surface area (Å²) < 4.78 is 5.15. The summed E-state index contributed by atoms with van der Waals surface area (Å²) in [5, 5.41) is 9.84. The highest BCUT2D eigenvalue weighted by molar-refractivity contribution is 5.95. The maximum Gasteiger partial charge on any atom is 0.276 e. The Kier molecular flexibility index (Phi) is 2.70. The lowest BCUT2D eigenvalue weighted by Crippen LogP contribution is -2.52. The second-order valence-corrected chi connectivity index (χ2v) is 5.02. The molecule has 5 nitrogen and oxygen atoms in total. The van der Waals surface area contributed by atoms with Crippen LogP contribution in [0.1, 0.15) is 28.9 Å². The Morgan fingerprint density at radius 3 is 2.67 bits per heavy atom. The van der Waals surface area contributed by atoms with Gasteiger partial charge in [-0.05, 0) is 31.4 Å². The van der Waals surface area contributed by atoms with Crippen LogP contribution in [-0.4, -0.2) is 46.2 Å². The van der Waals surface area contributed by atoms with E-state index in [1.165, 1.54) is 0 Å². The highest BCUT2D eigenvalue weighted by atomic mass is 16.5. The maximum absolute atomic E-state index is 12.4. The molecule has 1 aliphatic heterocycles. The number of aromatic nitrogens is 1. The van der Waals surface area contributed by atoms with Crippen molar-refractivity contribution in [2.24, 2.45) is 0 Å². The molecule has 0 unspecified atom stereocenters. The third kappa shape index (κ3) is 1.95. The van der Waals surface area contributed by atoms with Crippen molar-refractivity contribution in [3.63, 3.8) is 0 Å². The van der Waals surface area contributed by atoms with Crippen LogP contribution in [0.5, 0.6) is 5.75 Å². The highest BCUT2D eigenvalue weighted by Crippen LogP contribution is 2.33. The minimum absolute atomic E-state index is 0.0362. The van der Waals surface area contributed by atoms with E-state index >= 15 is 0 Å². The van der Waals surface area contributed by atoms with Crippen molar-refractivity contribution in [2.45, 2.75) is 31.8 Å². The molecule has 1 aliphatic carbocycles. The predicted molar refractivity (Wildman–Crippen MR) is 64.4 cm³/mol. The van der Waals surface area contributed by atoms with Gasteiger partial charge in [-0.3, -0.25) is 4.79 Å². The number of aryl methyl sites for hydroxylation is 1. The van der Waals surface area contributed by atoms with E-state index in [0.717, 1.165) is 18.4 Å². The summed E-state index contributed by atoms with van der Waals surface area (Å²) in [6.07, 6.45) is 3.68. The summed E-state index contributed by atoms with van der Waals surface area (Å²) >= 11 is 0. The minimum atomic E-state index is -0.177. The van der Waals surface area contributed by atoms with E-state index < -0.39 is 0 Å². The van der Waals surface area contributed by atoms with Gasteiger partial charge in [0.15, 0.2) is 5.69 Å². The molecule has 96 valence electrons. The van der Waals surface area contributed by atoms with Crippen molar-refractivity contribution < 1.29 is 14.6 Å². The van der Waals surface area contributed by atoms with Crippen LogP contribution >= 0.6 is 0 Å². The topological polar surface area (TPSA) is 62.7 Å². The van der Waals surface area contributed by atoms with E-state index in [1.807, 2.05) is 11.8 Å². The van der Waals surface area contributed by atoms with E-state index in [4.69, 9.17) is 4.74 Å². The smallest absolute Gasteiger partial charge is 0.276 e. The molecule has 1 N–H and O–H groups in total. The second kappa shape index (κ2) is 4.24. The Morgan fingerprint density at radius 2 is 2.17 bits per heavy atom. The summed E-state index contributed by atoms with van der Waals surface area (Å²) in [6, 6.07) is 2.02. The van der Waals surface area contributed by atoms with Crippen molar-refractivity contribution >= 4 is 5.91 Å². The summed E-state index contributed by atoms with van der Waals surface area (Å²) in [5.41, 5.74) is 0.994. The predicted octanol–water partition coefficient (Wildman–Crippen LogP) is 1.10. The molecule has 5 heteroatoms. The molecule has 1 saturated heterocycles. The molecule has 2 aliphatic rings. The largest absolute Gasteiger partial charge is 0.505 e. The third-order valence-corrected chi connectivity index (χ3v) is 3.40. The number of pyridine rings is 1. The van der Waals surface area contributed by atoms with Crippen LogP contribution in [0.3, 0.4) is 0 Å². The van der Waals surface area contributed by atoms with Crippen LogP contribution in [0.4, 0.5) is 0 Å². The fraction of sp³-hybridized carbons (Fsp3) is 0.538. The van der Waals surface area contributed by atoms with Gasteiger partial charge < -0.3 is 14.7 Å². The van der Waals surface area contributed by atoms with Gasteiger partial charge in [-0.25, -0.2) is 4.98 Å². The minimum Gasteiger partial charge on any atom is -0.505 e. The van der Waals surface area contributed by atoms with Gasteiger partial charge in [-0.1, -0.05) is 0 Å². The first-order valence-electron chi connectivity index (χ1n) is 6.23. The van der Waals surface area contributed by atoms with Gasteiger partial charge in [0, 0.05) is 12.2 Å². The molecule has 0 spiro atoms. The highest BCUT2D eigenvalue weighted by Gasteiger charge is 2.41. The maximum atomic E-state index is 12.4. The lowest BCUT2D eigenvalue weighted by Gasteiger charge is -2.37. The quantitative estimate of drug-likeness (QED) is 0.870. The lowest BCUT2D eigenvalue weighted by atomic mass is 10.1. The molecule has 2 fully saturated rings. The number of aromatic hydroxyl groups is 1. The average Bonchev–Trinajstić information content (AvgIpc) is 3.06. The van der Waals surface area contributed by atoms with E-state index in [9.17, 15) is 9.90 Å². The number of amides is 1. The Labute approximate surface area is 105 Å². The van der Waals surface area contributed by atoms with Crippen molar-refractivity contribution in [1.82, 2.24) is 9.88 Å². The van der Waals surface area contributed by atoms with Crippen LogP contribution in [0.15, 0.2) is 12.3 Å². The molecule has 1 aromatic heterocycles. The molecular weight excluding hydrogens is 232 g/mol. The molecule has 0 bridgehead atoms. The number of carbonyl (C=O) groups is 1. The molecule has 1 amide bonds. The molecule has 3 rings (SSSR count). The molecule has 2 heterocycles. The summed E-state index contributed by atoms with van der Waals surface area (Å²) in [4.78, 5) is 18.3. The first-order chi connectivity index (χ1) is 8.66. The number of rotatable bonds is 3. The van der Waals surface area contributed by atoms with Crippen molar-refractivity contribution in [3.8, 4) is 5.75 Å². The second-order valence-electron chi connectivity index (χ2n) is 5.02. The van der Waals surface area contributed by atoms with Gasteiger partial charge in [-0.15, -0.1) is 0 Å². The van der Waals surface area contributed by atoms with Crippen LogP contribution in [0, 0.1) is 6.92 Å². The summed E-state index contributed by atoms with van der Waals surface area (Å²) in [5.74, 6) is -0.214. The van der Waals surface area contributed by atoms with Crippen molar-refractivity contribution in [1.29, 1.82) is 0 Å². The number of ether oxygens (including phenoxy) is 1. The first kappa shape index (κ1) is 11.5. The zero-order valence-electron chi connectivity index (χ0n) is 10.3. The average molecular weight is 248 g/mol.